The maximum Gasteiger partial charge on any atom is 0.305 e. The van der Waals surface area contributed by atoms with Crippen molar-refractivity contribution in [3.63, 3.8) is 0 Å². The van der Waals surface area contributed by atoms with Crippen LogP contribution in [-0.2, 0) is 30.3 Å². The molecule has 0 bridgehead atoms. The lowest BCUT2D eigenvalue weighted by atomic mass is 9.98. The van der Waals surface area contributed by atoms with Crippen molar-refractivity contribution in [1.29, 1.82) is 0 Å². The summed E-state index contributed by atoms with van der Waals surface area (Å²) in [7, 11) is 1.35. The highest BCUT2D eigenvalue weighted by molar-refractivity contribution is 5.89. The summed E-state index contributed by atoms with van der Waals surface area (Å²) < 4.78 is 4.59. The molecule has 0 aliphatic heterocycles. The van der Waals surface area contributed by atoms with Crippen molar-refractivity contribution in [2.75, 3.05) is 7.11 Å². The maximum atomic E-state index is 12.9. The van der Waals surface area contributed by atoms with E-state index in [0.29, 0.717) is 19.3 Å². The van der Waals surface area contributed by atoms with E-state index < -0.39 is 30.0 Å². The number of ether oxygens (including phenoxy) is 1. The third kappa shape index (κ3) is 11.0. The van der Waals surface area contributed by atoms with Crippen molar-refractivity contribution in [3.05, 3.63) is 35.9 Å². The van der Waals surface area contributed by atoms with Crippen LogP contribution in [0.4, 0.5) is 0 Å². The van der Waals surface area contributed by atoms with E-state index in [4.69, 9.17) is 5.73 Å². The first kappa shape index (κ1) is 28.1. The largest absolute Gasteiger partial charge is 0.469 e. The van der Waals surface area contributed by atoms with Crippen LogP contribution < -0.4 is 16.4 Å². The molecule has 5 N–H and O–H groups in total. The van der Waals surface area contributed by atoms with Gasteiger partial charge in [0.25, 0.3) is 0 Å². The first-order valence-electron chi connectivity index (χ1n) is 11.3. The number of carbonyl (C=O) groups is 4. The van der Waals surface area contributed by atoms with Crippen molar-refractivity contribution in [2.45, 2.75) is 77.0 Å². The second kappa shape index (κ2) is 15.0. The summed E-state index contributed by atoms with van der Waals surface area (Å²) >= 11 is 0. The van der Waals surface area contributed by atoms with Gasteiger partial charge in [0.15, 0.2) is 6.10 Å². The highest BCUT2D eigenvalue weighted by Gasteiger charge is 2.31. The number of unbranched alkanes of at least 4 members (excludes halogenated alkanes) is 3. The number of methoxy groups -OCH3 is 1. The predicted octanol–water partition coefficient (Wildman–Crippen LogP) is 1.21. The number of nitrogens with one attached hydrogen (secondary N) is 2. The minimum Gasteiger partial charge on any atom is -0.469 e. The molecule has 0 radical (unpaired) electrons. The first-order valence-corrected chi connectivity index (χ1v) is 11.3. The zero-order valence-corrected chi connectivity index (χ0v) is 19.7. The number of esters is 1. The lowest BCUT2D eigenvalue weighted by Crippen LogP contribution is -2.57. The van der Waals surface area contributed by atoms with E-state index in [0.717, 1.165) is 18.4 Å². The van der Waals surface area contributed by atoms with E-state index in [-0.39, 0.29) is 30.6 Å². The fraction of sp³-hybridized carbons (Fsp3) is 0.583. The standard InChI is InChI=1S/C24H37N3O6/c1-16(2)21(27-19(28)13-9-4-5-10-14-20(29)33-3)24(32)26-18(22(30)23(25)31)15-17-11-7-6-8-12-17/h6-8,11-12,16,18,21-22,30H,4-5,9-10,13-15H2,1-3H3,(H2,25,31)(H,26,32)(H,27,28). The highest BCUT2D eigenvalue weighted by atomic mass is 16.5. The second-order valence-electron chi connectivity index (χ2n) is 8.43. The molecule has 1 aromatic carbocycles. The number of amides is 3. The molecule has 0 aliphatic carbocycles. The van der Waals surface area contributed by atoms with Crippen LogP contribution in [0.1, 0.15) is 57.9 Å². The van der Waals surface area contributed by atoms with Crippen LogP contribution in [0.5, 0.6) is 0 Å². The third-order valence-corrected chi connectivity index (χ3v) is 5.33. The Balaban J connectivity index is 2.63. The Morgan fingerprint density at radius 1 is 0.970 bits per heavy atom. The Morgan fingerprint density at radius 3 is 2.12 bits per heavy atom. The van der Waals surface area contributed by atoms with Crippen LogP contribution in [0.3, 0.4) is 0 Å². The summed E-state index contributed by atoms with van der Waals surface area (Å²) in [5.74, 6) is -2.14. The monoisotopic (exact) mass is 463 g/mol. The van der Waals surface area contributed by atoms with Gasteiger partial charge in [0.2, 0.25) is 17.7 Å². The van der Waals surface area contributed by atoms with Gasteiger partial charge in [0.05, 0.1) is 13.2 Å². The summed E-state index contributed by atoms with van der Waals surface area (Å²) in [6.07, 6.45) is 2.19. The van der Waals surface area contributed by atoms with Crippen LogP contribution in [0.25, 0.3) is 0 Å². The molecule has 9 nitrogen and oxygen atoms in total. The predicted molar refractivity (Wildman–Crippen MR) is 124 cm³/mol. The van der Waals surface area contributed by atoms with Crippen molar-refractivity contribution in [3.8, 4) is 0 Å². The van der Waals surface area contributed by atoms with Crippen LogP contribution in [0.15, 0.2) is 30.3 Å². The molecule has 33 heavy (non-hydrogen) atoms. The van der Waals surface area contributed by atoms with E-state index in [2.05, 4.69) is 15.4 Å². The molecule has 0 heterocycles. The highest BCUT2D eigenvalue weighted by Crippen LogP contribution is 2.10. The molecule has 3 amide bonds. The zero-order chi connectivity index (χ0) is 24.8. The minimum atomic E-state index is -1.57. The first-order chi connectivity index (χ1) is 15.6. The van der Waals surface area contributed by atoms with Gasteiger partial charge in [-0.2, -0.15) is 0 Å². The maximum absolute atomic E-state index is 12.9. The molecular weight excluding hydrogens is 426 g/mol. The number of primary amides is 1. The quantitative estimate of drug-likeness (QED) is 0.227. The van der Waals surface area contributed by atoms with Gasteiger partial charge in [-0.15, -0.1) is 0 Å². The Bertz CT molecular complexity index is 769. The Kier molecular flexibility index (Phi) is 12.8. The molecule has 0 spiro atoms. The molecule has 3 unspecified atom stereocenters. The van der Waals surface area contributed by atoms with Crippen LogP contribution >= 0.6 is 0 Å². The molecule has 184 valence electrons. The Labute approximate surface area is 195 Å². The zero-order valence-electron chi connectivity index (χ0n) is 19.7. The van der Waals surface area contributed by atoms with Crippen LogP contribution in [-0.4, -0.2) is 54.1 Å². The fourth-order valence-corrected chi connectivity index (χ4v) is 3.37. The number of aliphatic hydroxyl groups is 1. The van der Waals surface area contributed by atoms with Crippen LogP contribution in [0, 0.1) is 5.92 Å². The molecule has 0 fully saturated rings. The molecule has 9 heteroatoms. The van der Waals surface area contributed by atoms with Gasteiger partial charge < -0.3 is 26.2 Å². The van der Waals surface area contributed by atoms with Crippen molar-refractivity contribution in [2.24, 2.45) is 11.7 Å². The summed E-state index contributed by atoms with van der Waals surface area (Å²) in [6, 6.07) is 7.36. The lowest BCUT2D eigenvalue weighted by molar-refractivity contribution is -0.140. The fourth-order valence-electron chi connectivity index (χ4n) is 3.37. The van der Waals surface area contributed by atoms with E-state index in [1.165, 1.54) is 7.11 Å². The van der Waals surface area contributed by atoms with Crippen molar-refractivity contribution >= 4 is 23.7 Å². The lowest BCUT2D eigenvalue weighted by Gasteiger charge is -2.27. The molecule has 0 saturated heterocycles. The number of benzene rings is 1. The van der Waals surface area contributed by atoms with Gasteiger partial charge in [0, 0.05) is 12.8 Å². The Hall–Kier alpha value is -2.94. The van der Waals surface area contributed by atoms with Crippen molar-refractivity contribution < 1.29 is 29.0 Å². The molecule has 0 aromatic heterocycles. The molecule has 1 rings (SSSR count). The summed E-state index contributed by atoms with van der Waals surface area (Å²) in [5, 5.41) is 15.7. The minimum absolute atomic E-state index is 0.209. The average molecular weight is 464 g/mol. The van der Waals surface area contributed by atoms with E-state index in [9.17, 15) is 24.3 Å². The number of aliphatic hydroxyl groups excluding tert-OH is 1. The van der Waals surface area contributed by atoms with E-state index in [1.54, 1.807) is 13.8 Å². The smallest absolute Gasteiger partial charge is 0.305 e. The van der Waals surface area contributed by atoms with Crippen molar-refractivity contribution in [1.82, 2.24) is 10.6 Å². The number of rotatable bonds is 15. The van der Waals surface area contributed by atoms with Crippen LogP contribution in [0.2, 0.25) is 0 Å². The van der Waals surface area contributed by atoms with Gasteiger partial charge in [-0.25, -0.2) is 0 Å². The van der Waals surface area contributed by atoms with Gasteiger partial charge in [-0.05, 0) is 30.7 Å². The van der Waals surface area contributed by atoms with Gasteiger partial charge in [0.1, 0.15) is 6.04 Å². The molecule has 3 atom stereocenters. The van der Waals surface area contributed by atoms with E-state index in [1.807, 2.05) is 30.3 Å². The summed E-state index contributed by atoms with van der Waals surface area (Å²) in [6.45, 7) is 3.60. The topological polar surface area (TPSA) is 148 Å². The second-order valence-corrected chi connectivity index (χ2v) is 8.43. The van der Waals surface area contributed by atoms with Gasteiger partial charge in [-0.1, -0.05) is 57.0 Å². The SMILES string of the molecule is COC(=O)CCCCCCC(=O)NC(C(=O)NC(Cc1ccccc1)C(O)C(N)=O)C(C)C. The molecular formula is C24H37N3O6. The summed E-state index contributed by atoms with van der Waals surface area (Å²) in [5.41, 5.74) is 6.08. The number of nitrogens with two attached hydrogens (primary N) is 1. The molecule has 0 aliphatic rings. The summed E-state index contributed by atoms with van der Waals surface area (Å²) in [4.78, 5) is 48.0. The van der Waals surface area contributed by atoms with Gasteiger partial charge in [-0.3, -0.25) is 19.2 Å². The number of hydrogen-bond donors (Lipinski definition) is 4. The van der Waals surface area contributed by atoms with E-state index >= 15 is 0 Å². The number of carbonyl (C=O) groups excluding carboxylic acids is 4. The Morgan fingerprint density at radius 2 is 1.58 bits per heavy atom. The van der Waals surface area contributed by atoms with Gasteiger partial charge >= 0.3 is 5.97 Å². The molecule has 0 saturated carbocycles. The molecule has 1 aromatic rings. The number of hydrogen-bond acceptors (Lipinski definition) is 6. The third-order valence-electron chi connectivity index (χ3n) is 5.33. The average Bonchev–Trinajstić information content (AvgIpc) is 2.78. The normalized spacial score (nSPS) is 13.6.